The molecule has 0 aromatic carbocycles. The molecule has 3 rings (SSSR count). The quantitative estimate of drug-likeness (QED) is 0.922. The first-order chi connectivity index (χ1) is 11.5. The van der Waals surface area contributed by atoms with Gasteiger partial charge < -0.3 is 14.6 Å². The molecular weight excluding hydrogens is 322 g/mol. The molecule has 1 saturated heterocycles. The molecule has 130 valence electrons. The second-order valence-electron chi connectivity index (χ2n) is 6.39. The Balaban J connectivity index is 2.12. The zero-order chi connectivity index (χ0) is 17.3. The number of aromatic nitrogens is 1. The number of hydrogen-bond donors (Lipinski definition) is 1. The van der Waals surface area contributed by atoms with Gasteiger partial charge in [0.25, 0.3) is 5.56 Å². The minimum Gasteiger partial charge on any atom is -0.507 e. The summed E-state index contributed by atoms with van der Waals surface area (Å²) in [5.41, 5.74) is 1.23. The Morgan fingerprint density at radius 2 is 2.00 bits per heavy atom. The average molecular weight is 347 g/mol. The van der Waals surface area contributed by atoms with Gasteiger partial charge in [-0.1, -0.05) is 6.07 Å². The Morgan fingerprint density at radius 3 is 2.58 bits per heavy atom. The van der Waals surface area contributed by atoms with Gasteiger partial charge in [0.05, 0.1) is 11.6 Å². The molecule has 0 amide bonds. The van der Waals surface area contributed by atoms with Crippen LogP contribution in [0.1, 0.15) is 29.1 Å². The normalized spacial score (nSPS) is 18.0. The van der Waals surface area contributed by atoms with Gasteiger partial charge in [0.15, 0.2) is 0 Å². The van der Waals surface area contributed by atoms with E-state index >= 15 is 0 Å². The van der Waals surface area contributed by atoms with Crippen LogP contribution in [0.5, 0.6) is 5.75 Å². The van der Waals surface area contributed by atoms with E-state index in [1.54, 1.807) is 22.0 Å². The van der Waals surface area contributed by atoms with Crippen molar-refractivity contribution >= 4 is 11.3 Å². The summed E-state index contributed by atoms with van der Waals surface area (Å²) in [7, 11) is 2.12. The summed E-state index contributed by atoms with van der Waals surface area (Å²) >= 11 is 1.64. The zero-order valence-corrected chi connectivity index (χ0v) is 15.3. The third kappa shape index (κ3) is 3.14. The molecule has 0 radical (unpaired) electrons. The van der Waals surface area contributed by atoms with Crippen LogP contribution >= 0.6 is 11.3 Å². The molecule has 1 N–H and O–H groups in total. The van der Waals surface area contributed by atoms with Gasteiger partial charge in [-0.2, -0.15) is 0 Å². The molecule has 2 aromatic heterocycles. The van der Waals surface area contributed by atoms with Crippen LogP contribution in [-0.4, -0.2) is 52.7 Å². The fourth-order valence-corrected chi connectivity index (χ4v) is 4.32. The largest absolute Gasteiger partial charge is 0.507 e. The van der Waals surface area contributed by atoms with Crippen molar-refractivity contribution in [1.82, 2.24) is 14.4 Å². The molecule has 5 nitrogen and oxygen atoms in total. The van der Waals surface area contributed by atoms with E-state index in [4.69, 9.17) is 0 Å². The first kappa shape index (κ1) is 17.2. The molecule has 1 aliphatic heterocycles. The van der Waals surface area contributed by atoms with Crippen molar-refractivity contribution in [2.45, 2.75) is 26.4 Å². The maximum Gasteiger partial charge on any atom is 0.259 e. The highest BCUT2D eigenvalue weighted by Crippen LogP contribution is 2.35. The maximum absolute atomic E-state index is 13.1. The van der Waals surface area contributed by atoms with E-state index in [0.717, 1.165) is 36.8 Å². The molecule has 3 heterocycles. The summed E-state index contributed by atoms with van der Waals surface area (Å²) in [6.07, 6.45) is 0. The first-order valence-electron chi connectivity index (χ1n) is 8.42. The number of rotatable bonds is 4. The van der Waals surface area contributed by atoms with Gasteiger partial charge in [0.1, 0.15) is 5.75 Å². The van der Waals surface area contributed by atoms with Crippen molar-refractivity contribution in [3.05, 3.63) is 50.1 Å². The molecule has 6 heteroatoms. The molecule has 24 heavy (non-hydrogen) atoms. The molecule has 0 saturated carbocycles. The zero-order valence-electron chi connectivity index (χ0n) is 14.5. The van der Waals surface area contributed by atoms with E-state index in [-0.39, 0.29) is 17.4 Å². The van der Waals surface area contributed by atoms with Crippen LogP contribution in [-0.2, 0) is 6.54 Å². The molecule has 1 fully saturated rings. The van der Waals surface area contributed by atoms with E-state index in [1.807, 2.05) is 25.3 Å². The van der Waals surface area contributed by atoms with Gasteiger partial charge in [0, 0.05) is 43.3 Å². The number of piperazine rings is 1. The lowest BCUT2D eigenvalue weighted by molar-refractivity contribution is 0.126. The standard InChI is InChI=1S/C18H25N3O2S/c1-4-21-13(2)12-14(22)16(18(21)23)17(15-6-5-11-24-15)20-9-7-19(3)8-10-20/h5-6,11-12,17,22H,4,7-10H2,1-3H3/t17-/m1/s1. The highest BCUT2D eigenvalue weighted by atomic mass is 32.1. The fraction of sp³-hybridized carbons (Fsp3) is 0.500. The molecule has 1 atom stereocenters. The number of aryl methyl sites for hydroxylation is 1. The second-order valence-corrected chi connectivity index (χ2v) is 7.37. The Morgan fingerprint density at radius 1 is 1.29 bits per heavy atom. The predicted molar refractivity (Wildman–Crippen MR) is 98.0 cm³/mol. The molecule has 2 aromatic rings. The third-order valence-corrected chi connectivity index (χ3v) is 5.75. The summed E-state index contributed by atoms with van der Waals surface area (Å²) in [4.78, 5) is 18.8. The number of thiophene rings is 1. The van der Waals surface area contributed by atoms with Gasteiger partial charge in [-0.25, -0.2) is 0 Å². The van der Waals surface area contributed by atoms with Crippen molar-refractivity contribution < 1.29 is 5.11 Å². The lowest BCUT2D eigenvalue weighted by atomic mass is 10.0. The summed E-state index contributed by atoms with van der Waals surface area (Å²) in [5, 5.41) is 12.6. The van der Waals surface area contributed by atoms with Gasteiger partial charge >= 0.3 is 0 Å². The van der Waals surface area contributed by atoms with Crippen molar-refractivity contribution in [3.8, 4) is 5.75 Å². The number of aromatic hydroxyl groups is 1. The van der Waals surface area contributed by atoms with Gasteiger partial charge in [-0.15, -0.1) is 11.3 Å². The minimum absolute atomic E-state index is 0.0765. The maximum atomic E-state index is 13.1. The number of nitrogens with zero attached hydrogens (tertiary/aromatic N) is 3. The highest BCUT2D eigenvalue weighted by Gasteiger charge is 2.31. The van der Waals surface area contributed by atoms with Crippen molar-refractivity contribution in [2.75, 3.05) is 33.2 Å². The Labute approximate surface area is 146 Å². The number of hydrogen-bond acceptors (Lipinski definition) is 5. The van der Waals surface area contributed by atoms with Crippen LogP contribution in [0.4, 0.5) is 0 Å². The van der Waals surface area contributed by atoms with Gasteiger partial charge in [-0.05, 0) is 38.4 Å². The topological polar surface area (TPSA) is 48.7 Å². The average Bonchev–Trinajstić information content (AvgIpc) is 3.06. The van der Waals surface area contributed by atoms with Crippen molar-refractivity contribution in [2.24, 2.45) is 0 Å². The SMILES string of the molecule is CCn1c(C)cc(O)c([C@@H](c2cccs2)N2CCN(C)CC2)c1=O. The highest BCUT2D eigenvalue weighted by molar-refractivity contribution is 7.10. The van der Waals surface area contributed by atoms with E-state index < -0.39 is 0 Å². The lowest BCUT2D eigenvalue weighted by Crippen LogP contribution is -2.47. The van der Waals surface area contributed by atoms with E-state index in [0.29, 0.717) is 12.1 Å². The van der Waals surface area contributed by atoms with E-state index in [1.165, 1.54) is 0 Å². The van der Waals surface area contributed by atoms with Gasteiger partial charge in [-0.3, -0.25) is 9.69 Å². The minimum atomic E-state index is -0.176. The van der Waals surface area contributed by atoms with E-state index in [2.05, 4.69) is 22.9 Å². The molecule has 0 unspecified atom stereocenters. The Hall–Kier alpha value is -1.63. The molecule has 0 bridgehead atoms. The summed E-state index contributed by atoms with van der Waals surface area (Å²) in [6, 6.07) is 5.61. The van der Waals surface area contributed by atoms with Gasteiger partial charge in [0.2, 0.25) is 0 Å². The lowest BCUT2D eigenvalue weighted by Gasteiger charge is -2.37. The number of likely N-dealkylation sites (N-methyl/N-ethyl adjacent to an activating group) is 1. The third-order valence-electron chi connectivity index (χ3n) is 4.83. The second kappa shape index (κ2) is 7.09. The van der Waals surface area contributed by atoms with E-state index in [9.17, 15) is 9.90 Å². The van der Waals surface area contributed by atoms with Crippen molar-refractivity contribution in [3.63, 3.8) is 0 Å². The predicted octanol–water partition coefficient (Wildman–Crippen LogP) is 2.28. The molecular formula is C18H25N3O2S. The first-order valence-corrected chi connectivity index (χ1v) is 9.30. The van der Waals surface area contributed by atoms with Crippen LogP contribution in [0.3, 0.4) is 0 Å². The molecule has 0 aliphatic carbocycles. The Kier molecular flexibility index (Phi) is 5.08. The Bertz CT molecular complexity index is 746. The van der Waals surface area contributed by atoms with Crippen LogP contribution in [0.25, 0.3) is 0 Å². The van der Waals surface area contributed by atoms with Crippen LogP contribution in [0.2, 0.25) is 0 Å². The van der Waals surface area contributed by atoms with Crippen LogP contribution in [0.15, 0.2) is 28.4 Å². The molecule has 0 spiro atoms. The smallest absolute Gasteiger partial charge is 0.259 e. The van der Waals surface area contributed by atoms with Crippen molar-refractivity contribution in [1.29, 1.82) is 0 Å². The number of pyridine rings is 1. The van der Waals surface area contributed by atoms with Crippen LogP contribution in [0, 0.1) is 6.92 Å². The summed E-state index contributed by atoms with van der Waals surface area (Å²) in [6.45, 7) is 8.15. The molecule has 1 aliphatic rings. The fourth-order valence-electron chi connectivity index (χ4n) is 3.45. The summed E-state index contributed by atoms with van der Waals surface area (Å²) < 4.78 is 1.74. The van der Waals surface area contributed by atoms with Crippen LogP contribution < -0.4 is 5.56 Å². The monoisotopic (exact) mass is 347 g/mol. The summed E-state index contributed by atoms with van der Waals surface area (Å²) in [5.74, 6) is 0.111.